The second kappa shape index (κ2) is 17.3. The summed E-state index contributed by atoms with van der Waals surface area (Å²) in [4.78, 5) is 50.4. The van der Waals surface area contributed by atoms with Gasteiger partial charge in [0.25, 0.3) is 0 Å². The summed E-state index contributed by atoms with van der Waals surface area (Å²) in [5.41, 5.74) is 0.535. The minimum absolute atomic E-state index is 0.00427. The van der Waals surface area contributed by atoms with Gasteiger partial charge in [-0.2, -0.15) is 0 Å². The molecule has 44 heavy (non-hydrogen) atoms. The number of rotatable bonds is 17. The summed E-state index contributed by atoms with van der Waals surface area (Å²) >= 11 is 0. The molecule has 0 amide bonds. The highest BCUT2D eigenvalue weighted by atomic mass is 16.6. The first-order valence-electron chi connectivity index (χ1n) is 12.8. The van der Waals surface area contributed by atoms with E-state index in [1.165, 1.54) is 64.8 Å². The maximum Gasteiger partial charge on any atom is 0.341 e. The third-order valence-corrected chi connectivity index (χ3v) is 5.45. The van der Waals surface area contributed by atoms with Gasteiger partial charge in [-0.25, -0.2) is 19.2 Å². The number of carbonyl (C=O) groups is 4. The monoisotopic (exact) mass is 610 g/mol. The summed E-state index contributed by atoms with van der Waals surface area (Å²) in [6, 6.07) is 8.34. The van der Waals surface area contributed by atoms with Crippen LogP contribution in [0, 0.1) is 0 Å². The first-order valence-corrected chi connectivity index (χ1v) is 12.8. The van der Waals surface area contributed by atoms with E-state index in [9.17, 15) is 19.2 Å². The van der Waals surface area contributed by atoms with Crippen molar-refractivity contribution in [2.24, 2.45) is 0 Å². The molecular formula is C32H34O12. The zero-order chi connectivity index (χ0) is 32.8. The largest absolute Gasteiger partial charge is 0.423 e. The lowest BCUT2D eigenvalue weighted by Crippen LogP contribution is -2.17. The van der Waals surface area contributed by atoms with Crippen LogP contribution in [0.1, 0.15) is 0 Å². The molecule has 0 fully saturated rings. The molecule has 0 bridgehead atoms. The quantitative estimate of drug-likeness (QED) is 0.146. The zero-order valence-corrected chi connectivity index (χ0v) is 25.0. The van der Waals surface area contributed by atoms with E-state index in [1.54, 1.807) is 0 Å². The molecule has 0 aliphatic carbocycles. The van der Waals surface area contributed by atoms with Crippen LogP contribution in [0.4, 0.5) is 0 Å². The van der Waals surface area contributed by atoms with Gasteiger partial charge >= 0.3 is 23.9 Å². The Morgan fingerprint density at radius 2 is 0.750 bits per heavy atom. The van der Waals surface area contributed by atoms with Gasteiger partial charge in [0, 0.05) is 51.7 Å². The van der Waals surface area contributed by atoms with Gasteiger partial charge in [0.2, 0.25) is 0 Å². The van der Waals surface area contributed by atoms with Crippen LogP contribution in [0.25, 0.3) is 11.1 Å². The molecule has 0 aliphatic heterocycles. The molecule has 0 heterocycles. The molecule has 0 unspecified atom stereocenters. The van der Waals surface area contributed by atoms with Crippen LogP contribution in [-0.2, 0) is 38.1 Å². The van der Waals surface area contributed by atoms with Gasteiger partial charge in [-0.1, -0.05) is 26.3 Å². The van der Waals surface area contributed by atoms with Gasteiger partial charge in [-0.05, 0) is 24.3 Å². The molecule has 2 aromatic carbocycles. The van der Waals surface area contributed by atoms with Crippen molar-refractivity contribution in [3.05, 3.63) is 85.0 Å². The van der Waals surface area contributed by atoms with E-state index in [-0.39, 0.29) is 82.8 Å². The van der Waals surface area contributed by atoms with Crippen molar-refractivity contribution in [2.75, 3.05) is 54.9 Å². The van der Waals surface area contributed by atoms with Gasteiger partial charge in [0.1, 0.15) is 23.0 Å². The van der Waals surface area contributed by atoms with Crippen LogP contribution < -0.4 is 18.9 Å². The molecular weight excluding hydrogens is 576 g/mol. The van der Waals surface area contributed by atoms with Crippen LogP contribution in [0.5, 0.6) is 23.0 Å². The summed E-state index contributed by atoms with van der Waals surface area (Å²) in [6.45, 7) is 14.2. The molecule has 12 heteroatoms. The summed E-state index contributed by atoms with van der Waals surface area (Å²) in [5.74, 6) is -3.40. The number of hydrogen-bond acceptors (Lipinski definition) is 12. The van der Waals surface area contributed by atoms with E-state index >= 15 is 0 Å². The molecule has 0 saturated carbocycles. The van der Waals surface area contributed by atoms with E-state index in [1.807, 2.05) is 0 Å². The smallest absolute Gasteiger partial charge is 0.341 e. The molecule has 12 nitrogen and oxygen atoms in total. The summed E-state index contributed by atoms with van der Waals surface area (Å²) in [5, 5.41) is 0. The normalized spacial score (nSPS) is 10.4. The van der Waals surface area contributed by atoms with E-state index in [0.29, 0.717) is 0 Å². The van der Waals surface area contributed by atoms with Crippen molar-refractivity contribution in [3.8, 4) is 34.1 Å². The Hall–Kier alpha value is -4.88. The van der Waals surface area contributed by atoms with Crippen LogP contribution in [0.15, 0.2) is 85.0 Å². The molecule has 2 aromatic rings. The van der Waals surface area contributed by atoms with Crippen LogP contribution in [0.3, 0.4) is 0 Å². The highest BCUT2D eigenvalue weighted by Gasteiger charge is 2.22. The predicted octanol–water partition coefficient (Wildman–Crippen LogP) is 3.79. The van der Waals surface area contributed by atoms with E-state index in [4.69, 9.17) is 37.9 Å². The van der Waals surface area contributed by atoms with E-state index in [2.05, 4.69) is 26.3 Å². The molecule has 0 aliphatic rings. The topological polar surface area (TPSA) is 142 Å². The molecule has 0 saturated heterocycles. The Bertz CT molecular complexity index is 1340. The molecule has 0 atom stereocenters. The first-order chi connectivity index (χ1) is 20.9. The molecule has 234 valence electrons. The molecule has 0 radical (unpaired) electrons. The molecule has 0 N–H and O–H groups in total. The molecule has 2 rings (SSSR count). The van der Waals surface area contributed by atoms with E-state index in [0.717, 1.165) is 0 Å². The SMILES string of the molecule is C=C(COC)C(=O)Oc1ccc(-c2ccc(OC(=O)C(=C)COC)cc2OC(=O)C(=C)COC)c(OC(=O)C(=C)COC)c1. The average Bonchev–Trinajstić information content (AvgIpc) is 2.98. The van der Waals surface area contributed by atoms with Crippen molar-refractivity contribution in [1.82, 2.24) is 0 Å². The second-order valence-electron chi connectivity index (χ2n) is 9.02. The van der Waals surface area contributed by atoms with Crippen molar-refractivity contribution in [2.45, 2.75) is 0 Å². The molecule has 0 aromatic heterocycles. The lowest BCUT2D eigenvalue weighted by Gasteiger charge is -2.17. The fourth-order valence-corrected chi connectivity index (χ4v) is 3.38. The number of carbonyl (C=O) groups excluding carboxylic acids is 4. The van der Waals surface area contributed by atoms with Crippen LogP contribution in [-0.4, -0.2) is 78.7 Å². The Morgan fingerprint density at radius 1 is 0.477 bits per heavy atom. The standard InChI is InChI=1S/C32H34O12/c1-19(15-37-5)29(33)41-23-9-11-25(27(13-23)43-31(35)21(3)17-39-7)26-12-10-24(42-30(34)20(2)16-38-6)14-28(26)44-32(36)22(4)18-40-8/h9-14H,1-4,15-18H2,5-8H3. The third-order valence-electron chi connectivity index (χ3n) is 5.45. The number of benzene rings is 2. The number of methoxy groups -OCH3 is 4. The van der Waals surface area contributed by atoms with Crippen molar-refractivity contribution < 1.29 is 57.1 Å². The van der Waals surface area contributed by atoms with Crippen molar-refractivity contribution in [1.29, 1.82) is 0 Å². The Morgan fingerprint density at radius 3 is 1.02 bits per heavy atom. The lowest BCUT2D eigenvalue weighted by molar-refractivity contribution is -0.132. The Balaban J connectivity index is 2.65. The number of esters is 4. The highest BCUT2D eigenvalue weighted by molar-refractivity contribution is 5.94. The first kappa shape index (κ1) is 35.3. The third kappa shape index (κ3) is 10.1. The summed E-state index contributed by atoms with van der Waals surface area (Å²) in [6.07, 6.45) is 0. The molecule has 0 spiro atoms. The fourth-order valence-electron chi connectivity index (χ4n) is 3.38. The Kier molecular flexibility index (Phi) is 13.9. The number of hydrogen-bond donors (Lipinski definition) is 0. The van der Waals surface area contributed by atoms with Gasteiger partial charge in [-0.3, -0.25) is 0 Å². The summed E-state index contributed by atoms with van der Waals surface area (Å²) in [7, 11) is 5.56. The minimum Gasteiger partial charge on any atom is -0.423 e. The maximum absolute atomic E-state index is 12.8. The van der Waals surface area contributed by atoms with Crippen LogP contribution >= 0.6 is 0 Å². The lowest BCUT2D eigenvalue weighted by atomic mass is 10.0. The zero-order valence-electron chi connectivity index (χ0n) is 25.0. The maximum atomic E-state index is 12.8. The average molecular weight is 611 g/mol. The van der Waals surface area contributed by atoms with Gasteiger partial charge in [-0.15, -0.1) is 0 Å². The van der Waals surface area contributed by atoms with Gasteiger partial charge in [0.15, 0.2) is 0 Å². The fraction of sp³-hybridized carbons (Fsp3) is 0.250. The van der Waals surface area contributed by atoms with Crippen molar-refractivity contribution in [3.63, 3.8) is 0 Å². The van der Waals surface area contributed by atoms with E-state index < -0.39 is 23.9 Å². The van der Waals surface area contributed by atoms with Crippen molar-refractivity contribution >= 4 is 23.9 Å². The minimum atomic E-state index is -0.838. The summed E-state index contributed by atoms with van der Waals surface area (Å²) < 4.78 is 41.7. The Labute approximate surface area is 255 Å². The predicted molar refractivity (Wildman–Crippen MR) is 158 cm³/mol. The van der Waals surface area contributed by atoms with Gasteiger partial charge in [0.05, 0.1) is 48.7 Å². The van der Waals surface area contributed by atoms with Gasteiger partial charge < -0.3 is 37.9 Å². The number of ether oxygens (including phenoxy) is 8. The second-order valence-corrected chi connectivity index (χ2v) is 9.02. The highest BCUT2D eigenvalue weighted by Crippen LogP contribution is 2.41. The van der Waals surface area contributed by atoms with Crippen LogP contribution in [0.2, 0.25) is 0 Å².